The molecular formula is C17H12N4OS. The molecule has 0 spiro atoms. The molecule has 1 N–H and O–H groups in total. The molecule has 0 saturated heterocycles. The predicted molar refractivity (Wildman–Crippen MR) is 90.7 cm³/mol. The largest absolute Gasteiger partial charge is 0.319 e. The highest BCUT2D eigenvalue weighted by atomic mass is 32.1. The number of aromatic nitrogens is 3. The average Bonchev–Trinajstić information content (AvgIpc) is 3.17. The molecule has 0 aliphatic carbocycles. The molecule has 0 bridgehead atoms. The Hall–Kier alpha value is -2.99. The van der Waals surface area contributed by atoms with Gasteiger partial charge in [-0.15, -0.1) is 11.3 Å². The van der Waals surface area contributed by atoms with E-state index in [1.54, 1.807) is 24.5 Å². The summed E-state index contributed by atoms with van der Waals surface area (Å²) < 4.78 is 1.82. The van der Waals surface area contributed by atoms with Gasteiger partial charge >= 0.3 is 0 Å². The molecule has 1 aromatic carbocycles. The summed E-state index contributed by atoms with van der Waals surface area (Å²) in [6.45, 7) is 0. The second kappa shape index (κ2) is 5.66. The number of imidazole rings is 1. The number of carbonyl (C=O) groups is 1. The number of pyridine rings is 1. The van der Waals surface area contributed by atoms with E-state index in [0.29, 0.717) is 11.4 Å². The van der Waals surface area contributed by atoms with Crippen molar-refractivity contribution in [3.8, 4) is 11.3 Å². The van der Waals surface area contributed by atoms with Gasteiger partial charge < -0.3 is 5.32 Å². The van der Waals surface area contributed by atoms with Crippen LogP contribution in [-0.4, -0.2) is 20.3 Å². The Kier molecular flexibility index (Phi) is 3.36. The zero-order valence-corrected chi connectivity index (χ0v) is 12.8. The predicted octanol–water partition coefficient (Wildman–Crippen LogP) is 3.71. The first kappa shape index (κ1) is 13.7. The molecule has 0 atom stereocenters. The molecule has 112 valence electrons. The summed E-state index contributed by atoms with van der Waals surface area (Å²) in [6.07, 6.45) is 5.17. The Morgan fingerprint density at radius 3 is 2.78 bits per heavy atom. The molecule has 0 saturated carbocycles. The lowest BCUT2D eigenvalue weighted by molar-refractivity contribution is 0.102. The molecule has 1 amide bonds. The summed E-state index contributed by atoms with van der Waals surface area (Å²) in [5.41, 5.74) is 3.11. The van der Waals surface area contributed by atoms with E-state index in [1.165, 1.54) is 11.3 Å². The third-order valence-electron chi connectivity index (χ3n) is 3.43. The van der Waals surface area contributed by atoms with Crippen LogP contribution in [0.15, 0.2) is 66.4 Å². The average molecular weight is 320 g/mol. The van der Waals surface area contributed by atoms with Crippen molar-refractivity contribution in [2.24, 2.45) is 0 Å². The molecule has 4 rings (SSSR count). The van der Waals surface area contributed by atoms with Crippen molar-refractivity contribution in [1.82, 2.24) is 14.4 Å². The van der Waals surface area contributed by atoms with E-state index in [-0.39, 0.29) is 5.91 Å². The number of fused-ring (bicyclic) bond motifs is 1. The molecule has 4 aromatic rings. The van der Waals surface area contributed by atoms with Crippen LogP contribution in [0.3, 0.4) is 0 Å². The van der Waals surface area contributed by atoms with Crippen LogP contribution < -0.4 is 5.32 Å². The lowest BCUT2D eigenvalue weighted by atomic mass is 10.2. The van der Waals surface area contributed by atoms with Crippen molar-refractivity contribution < 1.29 is 4.79 Å². The van der Waals surface area contributed by atoms with Crippen molar-refractivity contribution in [2.45, 2.75) is 0 Å². The smallest absolute Gasteiger partial charge is 0.273 e. The van der Waals surface area contributed by atoms with Crippen LogP contribution in [0.5, 0.6) is 0 Å². The third kappa shape index (κ3) is 2.60. The van der Waals surface area contributed by atoms with Crippen molar-refractivity contribution >= 4 is 27.9 Å². The second-order valence-electron chi connectivity index (χ2n) is 4.96. The number of rotatable bonds is 3. The fourth-order valence-electron chi connectivity index (χ4n) is 2.33. The SMILES string of the molecule is O=C(Nc1cccnc1)c1csc2nc(-c3ccccc3)cn12. The van der Waals surface area contributed by atoms with Crippen molar-refractivity contribution in [2.75, 3.05) is 5.32 Å². The van der Waals surface area contributed by atoms with E-state index >= 15 is 0 Å². The van der Waals surface area contributed by atoms with Crippen LogP contribution in [0.2, 0.25) is 0 Å². The minimum Gasteiger partial charge on any atom is -0.319 e. The standard InChI is InChI=1S/C17H12N4OS/c22-16(19-13-7-4-8-18-9-13)15-11-23-17-20-14(10-21(15)17)12-5-2-1-3-6-12/h1-11H,(H,19,22). The fraction of sp³-hybridized carbons (Fsp3) is 0. The minimum absolute atomic E-state index is 0.179. The summed E-state index contributed by atoms with van der Waals surface area (Å²) in [7, 11) is 0. The van der Waals surface area contributed by atoms with E-state index in [2.05, 4.69) is 15.3 Å². The van der Waals surface area contributed by atoms with Gasteiger partial charge in [0.1, 0.15) is 5.69 Å². The highest BCUT2D eigenvalue weighted by Crippen LogP contribution is 2.24. The Bertz CT molecular complexity index is 960. The number of hydrogen-bond donors (Lipinski definition) is 1. The molecular weight excluding hydrogens is 308 g/mol. The van der Waals surface area contributed by atoms with Crippen molar-refractivity contribution in [1.29, 1.82) is 0 Å². The number of thiazole rings is 1. The number of benzene rings is 1. The topological polar surface area (TPSA) is 59.3 Å². The summed E-state index contributed by atoms with van der Waals surface area (Å²) in [6, 6.07) is 13.5. The number of amides is 1. The molecule has 5 nitrogen and oxygen atoms in total. The van der Waals surface area contributed by atoms with Gasteiger partial charge in [-0.25, -0.2) is 4.98 Å². The number of carbonyl (C=O) groups excluding carboxylic acids is 1. The maximum Gasteiger partial charge on any atom is 0.273 e. The molecule has 23 heavy (non-hydrogen) atoms. The van der Waals surface area contributed by atoms with Crippen LogP contribution in [0.4, 0.5) is 5.69 Å². The molecule has 3 heterocycles. The first-order valence-corrected chi connectivity index (χ1v) is 7.92. The van der Waals surface area contributed by atoms with E-state index in [0.717, 1.165) is 16.2 Å². The van der Waals surface area contributed by atoms with Crippen molar-refractivity contribution in [3.05, 3.63) is 72.1 Å². The number of nitrogens with one attached hydrogen (secondary N) is 1. The second-order valence-corrected chi connectivity index (χ2v) is 5.80. The Morgan fingerprint density at radius 1 is 1.13 bits per heavy atom. The summed E-state index contributed by atoms with van der Waals surface area (Å²) in [5, 5.41) is 4.65. The minimum atomic E-state index is -0.179. The quantitative estimate of drug-likeness (QED) is 0.626. The summed E-state index contributed by atoms with van der Waals surface area (Å²) in [4.78, 5) is 21.8. The van der Waals surface area contributed by atoms with E-state index in [4.69, 9.17) is 0 Å². The van der Waals surface area contributed by atoms with Gasteiger partial charge in [-0.2, -0.15) is 0 Å². The highest BCUT2D eigenvalue weighted by molar-refractivity contribution is 7.15. The molecule has 6 heteroatoms. The molecule has 0 aliphatic heterocycles. The zero-order chi connectivity index (χ0) is 15.6. The third-order valence-corrected chi connectivity index (χ3v) is 4.27. The zero-order valence-electron chi connectivity index (χ0n) is 12.0. The number of anilines is 1. The fourth-order valence-corrected chi connectivity index (χ4v) is 3.18. The lowest BCUT2D eigenvalue weighted by Crippen LogP contribution is -2.13. The maximum atomic E-state index is 12.5. The van der Waals surface area contributed by atoms with Crippen LogP contribution in [0.1, 0.15) is 10.5 Å². The molecule has 3 aromatic heterocycles. The summed E-state index contributed by atoms with van der Waals surface area (Å²) >= 11 is 1.44. The number of hydrogen-bond acceptors (Lipinski definition) is 4. The van der Waals surface area contributed by atoms with Gasteiger partial charge in [0.15, 0.2) is 4.96 Å². The van der Waals surface area contributed by atoms with E-state index in [9.17, 15) is 4.79 Å². The van der Waals surface area contributed by atoms with E-state index in [1.807, 2.05) is 46.3 Å². The Balaban J connectivity index is 1.68. The normalized spacial score (nSPS) is 10.8. The van der Waals surface area contributed by atoms with Gasteiger partial charge in [-0.05, 0) is 12.1 Å². The van der Waals surface area contributed by atoms with Gasteiger partial charge in [0.2, 0.25) is 0 Å². The van der Waals surface area contributed by atoms with Gasteiger partial charge in [0, 0.05) is 23.3 Å². The van der Waals surface area contributed by atoms with Crippen LogP contribution in [0.25, 0.3) is 16.2 Å². The van der Waals surface area contributed by atoms with Crippen LogP contribution in [-0.2, 0) is 0 Å². The molecule has 0 aliphatic rings. The monoisotopic (exact) mass is 320 g/mol. The van der Waals surface area contributed by atoms with Crippen LogP contribution >= 0.6 is 11.3 Å². The highest BCUT2D eigenvalue weighted by Gasteiger charge is 2.15. The Morgan fingerprint density at radius 2 is 2.00 bits per heavy atom. The van der Waals surface area contributed by atoms with Crippen LogP contribution in [0, 0.1) is 0 Å². The van der Waals surface area contributed by atoms with Gasteiger partial charge in [-0.3, -0.25) is 14.2 Å². The Labute approximate surface area is 136 Å². The van der Waals surface area contributed by atoms with Gasteiger partial charge in [0.05, 0.1) is 17.6 Å². The number of nitrogens with zero attached hydrogens (tertiary/aromatic N) is 3. The van der Waals surface area contributed by atoms with Gasteiger partial charge in [0.25, 0.3) is 5.91 Å². The van der Waals surface area contributed by atoms with E-state index < -0.39 is 0 Å². The molecule has 0 fully saturated rings. The first-order valence-electron chi connectivity index (χ1n) is 7.05. The van der Waals surface area contributed by atoms with Gasteiger partial charge in [-0.1, -0.05) is 30.3 Å². The van der Waals surface area contributed by atoms with Crippen molar-refractivity contribution in [3.63, 3.8) is 0 Å². The molecule has 0 radical (unpaired) electrons. The lowest BCUT2D eigenvalue weighted by Gasteiger charge is -2.03. The summed E-state index contributed by atoms with van der Waals surface area (Å²) in [5.74, 6) is -0.179. The molecule has 0 unspecified atom stereocenters. The maximum absolute atomic E-state index is 12.5. The first-order chi connectivity index (χ1) is 11.3.